The second kappa shape index (κ2) is 5.64. The van der Waals surface area contributed by atoms with Crippen LogP contribution in [0.5, 0.6) is 0 Å². The molecule has 1 fully saturated rings. The topological polar surface area (TPSA) is 53.2 Å². The quantitative estimate of drug-likeness (QED) is 0.660. The number of rotatable bonds is 4. The average molecular weight is 227 g/mol. The lowest BCUT2D eigenvalue weighted by Crippen LogP contribution is -2.51. The highest BCUT2D eigenvalue weighted by molar-refractivity contribution is 5.81. The minimum absolute atomic E-state index is 0.0745. The lowest BCUT2D eigenvalue weighted by atomic mass is 10.1. The Morgan fingerprint density at radius 1 is 1.50 bits per heavy atom. The number of carbonyl (C=O) groups is 1. The smallest absolute Gasteiger partial charge is 0.237 e. The van der Waals surface area contributed by atoms with Gasteiger partial charge in [-0.05, 0) is 47.1 Å². The zero-order valence-corrected chi connectivity index (χ0v) is 10.9. The van der Waals surface area contributed by atoms with Crippen LogP contribution in [-0.4, -0.2) is 36.6 Å². The predicted octanol–water partition coefficient (Wildman–Crippen LogP) is 0.631. The van der Waals surface area contributed by atoms with Crippen LogP contribution in [0.25, 0.3) is 0 Å². The number of carbonyl (C=O) groups excluding carboxylic acids is 1. The first-order valence-corrected chi connectivity index (χ1v) is 6.17. The van der Waals surface area contributed by atoms with E-state index in [0.29, 0.717) is 6.04 Å². The minimum Gasteiger partial charge on any atom is -0.350 e. The van der Waals surface area contributed by atoms with Crippen molar-refractivity contribution in [1.82, 2.24) is 16.0 Å². The van der Waals surface area contributed by atoms with E-state index in [9.17, 15) is 4.79 Å². The first-order chi connectivity index (χ1) is 7.38. The molecule has 0 aromatic carbocycles. The fourth-order valence-electron chi connectivity index (χ4n) is 1.82. The van der Waals surface area contributed by atoms with Gasteiger partial charge in [0.1, 0.15) is 0 Å². The van der Waals surface area contributed by atoms with Gasteiger partial charge in [-0.25, -0.2) is 0 Å². The first-order valence-electron chi connectivity index (χ1n) is 6.17. The molecule has 4 heteroatoms. The first kappa shape index (κ1) is 13.5. The summed E-state index contributed by atoms with van der Waals surface area (Å²) in [5, 5.41) is 9.65. The van der Waals surface area contributed by atoms with Crippen LogP contribution in [0.4, 0.5) is 0 Å². The average Bonchev–Trinajstić information content (AvgIpc) is 2.63. The van der Waals surface area contributed by atoms with Gasteiger partial charge in [-0.1, -0.05) is 0 Å². The molecule has 2 unspecified atom stereocenters. The molecule has 0 bridgehead atoms. The highest BCUT2D eigenvalue weighted by Gasteiger charge is 2.20. The summed E-state index contributed by atoms with van der Waals surface area (Å²) in [6, 6.07) is 0.409. The molecule has 0 radical (unpaired) electrons. The van der Waals surface area contributed by atoms with E-state index in [1.165, 1.54) is 12.8 Å². The van der Waals surface area contributed by atoms with E-state index in [-0.39, 0.29) is 17.5 Å². The van der Waals surface area contributed by atoms with Crippen molar-refractivity contribution in [3.8, 4) is 0 Å². The van der Waals surface area contributed by atoms with Crippen LogP contribution in [0, 0.1) is 0 Å². The summed E-state index contributed by atoms with van der Waals surface area (Å²) in [5.74, 6) is 0.0745. The van der Waals surface area contributed by atoms with Crippen LogP contribution in [0.15, 0.2) is 0 Å². The summed E-state index contributed by atoms with van der Waals surface area (Å²) in [5.41, 5.74) is -0.154. The van der Waals surface area contributed by atoms with Crippen LogP contribution in [-0.2, 0) is 4.79 Å². The summed E-state index contributed by atoms with van der Waals surface area (Å²) in [7, 11) is 0. The standard InChI is InChI=1S/C12H25N3O/c1-9(11(16)15-12(2,3)4)14-8-10-6-5-7-13-10/h9-10,13-14H,5-8H2,1-4H3,(H,15,16). The molecule has 0 aromatic rings. The van der Waals surface area contributed by atoms with Crippen molar-refractivity contribution in [1.29, 1.82) is 0 Å². The number of nitrogens with one attached hydrogen (secondary N) is 3. The summed E-state index contributed by atoms with van der Waals surface area (Å²) in [4.78, 5) is 11.8. The van der Waals surface area contributed by atoms with Crippen LogP contribution >= 0.6 is 0 Å². The van der Waals surface area contributed by atoms with E-state index in [0.717, 1.165) is 13.1 Å². The van der Waals surface area contributed by atoms with E-state index in [1.807, 2.05) is 27.7 Å². The maximum absolute atomic E-state index is 11.8. The zero-order valence-electron chi connectivity index (χ0n) is 10.9. The fraction of sp³-hybridized carbons (Fsp3) is 0.917. The molecule has 1 rings (SSSR count). The molecular weight excluding hydrogens is 202 g/mol. The Bertz CT molecular complexity index is 229. The second-order valence-electron chi connectivity index (χ2n) is 5.66. The van der Waals surface area contributed by atoms with Crippen LogP contribution in [0.1, 0.15) is 40.5 Å². The zero-order chi connectivity index (χ0) is 12.2. The van der Waals surface area contributed by atoms with Gasteiger partial charge in [-0.15, -0.1) is 0 Å². The van der Waals surface area contributed by atoms with Crippen molar-refractivity contribution in [3.63, 3.8) is 0 Å². The third-order valence-electron chi connectivity index (χ3n) is 2.72. The molecule has 0 aromatic heterocycles. The molecule has 4 nitrogen and oxygen atoms in total. The number of hydrogen-bond donors (Lipinski definition) is 3. The van der Waals surface area contributed by atoms with Crippen LogP contribution in [0.3, 0.4) is 0 Å². The monoisotopic (exact) mass is 227 g/mol. The van der Waals surface area contributed by atoms with Gasteiger partial charge in [0.25, 0.3) is 0 Å². The van der Waals surface area contributed by atoms with Gasteiger partial charge < -0.3 is 16.0 Å². The van der Waals surface area contributed by atoms with Gasteiger partial charge in [-0.2, -0.15) is 0 Å². The Balaban J connectivity index is 2.23. The molecule has 1 amide bonds. The molecule has 3 N–H and O–H groups in total. The molecular formula is C12H25N3O. The Hall–Kier alpha value is -0.610. The van der Waals surface area contributed by atoms with Gasteiger partial charge in [0.15, 0.2) is 0 Å². The highest BCUT2D eigenvalue weighted by Crippen LogP contribution is 2.04. The Morgan fingerprint density at radius 3 is 2.69 bits per heavy atom. The van der Waals surface area contributed by atoms with Crippen molar-refractivity contribution in [2.75, 3.05) is 13.1 Å². The number of hydrogen-bond acceptors (Lipinski definition) is 3. The van der Waals surface area contributed by atoms with Gasteiger partial charge in [-0.3, -0.25) is 4.79 Å². The predicted molar refractivity (Wildman–Crippen MR) is 66.4 cm³/mol. The fourth-order valence-corrected chi connectivity index (χ4v) is 1.82. The second-order valence-corrected chi connectivity index (χ2v) is 5.66. The molecule has 1 aliphatic heterocycles. The Labute approximate surface area is 98.6 Å². The van der Waals surface area contributed by atoms with E-state index in [4.69, 9.17) is 0 Å². The third kappa shape index (κ3) is 4.94. The van der Waals surface area contributed by atoms with Crippen LogP contribution < -0.4 is 16.0 Å². The Kier molecular flexibility index (Phi) is 4.74. The molecule has 0 spiro atoms. The third-order valence-corrected chi connectivity index (χ3v) is 2.72. The maximum atomic E-state index is 11.8. The van der Waals surface area contributed by atoms with E-state index >= 15 is 0 Å². The molecule has 1 heterocycles. The lowest BCUT2D eigenvalue weighted by molar-refractivity contribution is -0.124. The molecule has 0 saturated carbocycles. The molecule has 1 aliphatic rings. The summed E-state index contributed by atoms with van der Waals surface area (Å²) < 4.78 is 0. The van der Waals surface area contributed by atoms with Gasteiger partial charge >= 0.3 is 0 Å². The van der Waals surface area contributed by atoms with Crippen molar-refractivity contribution in [2.45, 2.75) is 58.2 Å². The van der Waals surface area contributed by atoms with Crippen molar-refractivity contribution >= 4 is 5.91 Å². The largest absolute Gasteiger partial charge is 0.350 e. The molecule has 16 heavy (non-hydrogen) atoms. The molecule has 0 aliphatic carbocycles. The van der Waals surface area contributed by atoms with E-state index in [1.54, 1.807) is 0 Å². The van der Waals surface area contributed by atoms with Gasteiger partial charge in [0.2, 0.25) is 5.91 Å². The maximum Gasteiger partial charge on any atom is 0.237 e. The molecule has 2 atom stereocenters. The van der Waals surface area contributed by atoms with Crippen molar-refractivity contribution in [3.05, 3.63) is 0 Å². The minimum atomic E-state index is -0.154. The van der Waals surface area contributed by atoms with Crippen molar-refractivity contribution < 1.29 is 4.79 Å². The molecule has 94 valence electrons. The normalized spacial score (nSPS) is 23.1. The van der Waals surface area contributed by atoms with Gasteiger partial charge in [0.05, 0.1) is 6.04 Å². The van der Waals surface area contributed by atoms with E-state index < -0.39 is 0 Å². The molecule has 1 saturated heterocycles. The van der Waals surface area contributed by atoms with E-state index in [2.05, 4.69) is 16.0 Å². The lowest BCUT2D eigenvalue weighted by Gasteiger charge is -2.24. The van der Waals surface area contributed by atoms with Crippen molar-refractivity contribution in [2.24, 2.45) is 0 Å². The summed E-state index contributed by atoms with van der Waals surface area (Å²) in [6.07, 6.45) is 2.45. The number of amides is 1. The summed E-state index contributed by atoms with van der Waals surface area (Å²) >= 11 is 0. The van der Waals surface area contributed by atoms with Crippen LogP contribution in [0.2, 0.25) is 0 Å². The van der Waals surface area contributed by atoms with Gasteiger partial charge in [0, 0.05) is 18.1 Å². The Morgan fingerprint density at radius 2 is 2.19 bits per heavy atom. The summed E-state index contributed by atoms with van der Waals surface area (Å²) in [6.45, 7) is 9.88. The SMILES string of the molecule is CC(NCC1CCCN1)C(=O)NC(C)(C)C. The highest BCUT2D eigenvalue weighted by atomic mass is 16.2.